The van der Waals surface area contributed by atoms with E-state index < -0.39 is 0 Å². The Morgan fingerprint density at radius 3 is 2.71 bits per heavy atom. The van der Waals surface area contributed by atoms with E-state index in [1.54, 1.807) is 0 Å². The van der Waals surface area contributed by atoms with Gasteiger partial charge in [-0.3, -0.25) is 9.69 Å². The summed E-state index contributed by atoms with van der Waals surface area (Å²) in [7, 11) is 0. The lowest BCUT2D eigenvalue weighted by Gasteiger charge is -2.34. The van der Waals surface area contributed by atoms with Crippen LogP contribution in [0.2, 0.25) is 0 Å². The molecule has 2 atom stereocenters. The summed E-state index contributed by atoms with van der Waals surface area (Å²) in [5.74, 6) is 0.492. The number of nitrogens with zero attached hydrogens (tertiary/aromatic N) is 1. The van der Waals surface area contributed by atoms with Crippen molar-refractivity contribution in [2.75, 3.05) is 46.0 Å². The number of amides is 1. The summed E-state index contributed by atoms with van der Waals surface area (Å²) in [6.45, 7) is 5.21. The number of nitrogens with one attached hydrogen (secondary N) is 1. The number of likely N-dealkylation sites (tertiary alicyclic amines) is 1. The SMILES string of the molecule is O=C(CN1CCCC(C2OCCO2)C1)NCC1CCCO1. The van der Waals surface area contributed by atoms with Crippen LogP contribution in [0, 0.1) is 5.92 Å². The first-order valence-electron chi connectivity index (χ1n) is 8.15. The lowest BCUT2D eigenvalue weighted by molar-refractivity contribution is -0.126. The zero-order valence-electron chi connectivity index (χ0n) is 12.6. The van der Waals surface area contributed by atoms with Crippen molar-refractivity contribution in [3.8, 4) is 0 Å². The van der Waals surface area contributed by atoms with Gasteiger partial charge >= 0.3 is 0 Å². The predicted octanol–water partition coefficient (Wildman–Crippen LogP) is 0.367. The zero-order valence-corrected chi connectivity index (χ0v) is 12.6. The van der Waals surface area contributed by atoms with Crippen LogP contribution in [0.25, 0.3) is 0 Å². The third-order valence-electron chi connectivity index (χ3n) is 4.49. The average molecular weight is 298 g/mol. The van der Waals surface area contributed by atoms with Crippen molar-refractivity contribution in [3.05, 3.63) is 0 Å². The van der Waals surface area contributed by atoms with E-state index in [0.717, 1.165) is 45.4 Å². The summed E-state index contributed by atoms with van der Waals surface area (Å²) in [6, 6.07) is 0. The first-order valence-corrected chi connectivity index (χ1v) is 8.15. The molecule has 0 saturated carbocycles. The second kappa shape index (κ2) is 7.54. The molecule has 1 N–H and O–H groups in total. The Labute approximate surface area is 126 Å². The minimum Gasteiger partial charge on any atom is -0.376 e. The number of carbonyl (C=O) groups excluding carboxylic acids is 1. The van der Waals surface area contributed by atoms with Crippen LogP contribution in [0.15, 0.2) is 0 Å². The van der Waals surface area contributed by atoms with Gasteiger partial charge in [-0.1, -0.05) is 0 Å². The van der Waals surface area contributed by atoms with Crippen molar-refractivity contribution in [3.63, 3.8) is 0 Å². The number of rotatable bonds is 5. The first-order chi connectivity index (χ1) is 10.3. The van der Waals surface area contributed by atoms with Gasteiger partial charge in [-0.2, -0.15) is 0 Å². The Kier molecular flexibility index (Phi) is 5.46. The predicted molar refractivity (Wildman–Crippen MR) is 76.8 cm³/mol. The molecule has 2 unspecified atom stereocenters. The van der Waals surface area contributed by atoms with Crippen molar-refractivity contribution in [2.45, 2.75) is 38.1 Å². The van der Waals surface area contributed by atoms with Crippen LogP contribution in [0.3, 0.4) is 0 Å². The van der Waals surface area contributed by atoms with Gasteiger partial charge < -0.3 is 19.5 Å². The van der Waals surface area contributed by atoms with E-state index in [2.05, 4.69) is 10.2 Å². The van der Waals surface area contributed by atoms with E-state index in [-0.39, 0.29) is 18.3 Å². The molecule has 21 heavy (non-hydrogen) atoms. The second-order valence-corrected chi connectivity index (χ2v) is 6.19. The van der Waals surface area contributed by atoms with E-state index in [4.69, 9.17) is 14.2 Å². The molecule has 3 heterocycles. The molecule has 0 aromatic rings. The van der Waals surface area contributed by atoms with Crippen molar-refractivity contribution in [1.82, 2.24) is 10.2 Å². The summed E-state index contributed by atoms with van der Waals surface area (Å²) >= 11 is 0. The fraction of sp³-hybridized carbons (Fsp3) is 0.933. The summed E-state index contributed by atoms with van der Waals surface area (Å²) < 4.78 is 16.7. The molecule has 0 aromatic heterocycles. The fourth-order valence-electron chi connectivity index (χ4n) is 3.40. The van der Waals surface area contributed by atoms with Crippen LogP contribution < -0.4 is 5.32 Å². The molecule has 3 saturated heterocycles. The standard InChI is InChI=1S/C15H26N2O4/c18-14(16-9-13-4-2-6-19-13)11-17-5-1-3-12(10-17)15-20-7-8-21-15/h12-13,15H,1-11H2,(H,16,18). The second-order valence-electron chi connectivity index (χ2n) is 6.19. The van der Waals surface area contributed by atoms with Gasteiger partial charge in [0.15, 0.2) is 6.29 Å². The molecule has 3 aliphatic rings. The molecule has 6 heteroatoms. The maximum atomic E-state index is 12.0. The molecular weight excluding hydrogens is 272 g/mol. The normalized spacial score (nSPS) is 31.6. The molecule has 3 fully saturated rings. The van der Waals surface area contributed by atoms with Crippen LogP contribution >= 0.6 is 0 Å². The minimum atomic E-state index is -0.0669. The summed E-state index contributed by atoms with van der Waals surface area (Å²) in [4.78, 5) is 14.2. The third kappa shape index (κ3) is 4.39. The van der Waals surface area contributed by atoms with Gasteiger partial charge in [-0.15, -0.1) is 0 Å². The Balaban J connectivity index is 1.38. The molecule has 0 bridgehead atoms. The van der Waals surface area contributed by atoms with Crippen LogP contribution in [0.4, 0.5) is 0 Å². The average Bonchev–Trinajstić information content (AvgIpc) is 3.19. The number of ether oxygens (including phenoxy) is 3. The van der Waals surface area contributed by atoms with Crippen molar-refractivity contribution >= 4 is 5.91 Å². The molecular formula is C15H26N2O4. The van der Waals surface area contributed by atoms with Crippen LogP contribution in [0.5, 0.6) is 0 Å². The van der Waals surface area contributed by atoms with Gasteiger partial charge in [0.05, 0.1) is 25.9 Å². The Bertz CT molecular complexity index is 341. The van der Waals surface area contributed by atoms with Gasteiger partial charge in [0.25, 0.3) is 0 Å². The number of hydrogen-bond donors (Lipinski definition) is 1. The van der Waals surface area contributed by atoms with E-state index in [1.165, 1.54) is 0 Å². The maximum absolute atomic E-state index is 12.0. The van der Waals surface area contributed by atoms with Gasteiger partial charge in [-0.05, 0) is 32.2 Å². The lowest BCUT2D eigenvalue weighted by Crippen LogP contribution is -2.46. The molecule has 1 amide bonds. The number of piperidine rings is 1. The monoisotopic (exact) mass is 298 g/mol. The largest absolute Gasteiger partial charge is 0.376 e. The van der Waals surface area contributed by atoms with E-state index in [1.807, 2.05) is 0 Å². The number of hydrogen-bond acceptors (Lipinski definition) is 5. The third-order valence-corrected chi connectivity index (χ3v) is 4.49. The highest BCUT2D eigenvalue weighted by molar-refractivity contribution is 5.78. The smallest absolute Gasteiger partial charge is 0.234 e. The molecule has 120 valence electrons. The van der Waals surface area contributed by atoms with Gasteiger partial charge in [0.1, 0.15) is 0 Å². The van der Waals surface area contributed by atoms with Crippen LogP contribution in [-0.2, 0) is 19.0 Å². The van der Waals surface area contributed by atoms with Crippen molar-refractivity contribution in [2.24, 2.45) is 5.92 Å². The quantitative estimate of drug-likeness (QED) is 0.794. The van der Waals surface area contributed by atoms with Gasteiger partial charge in [0, 0.05) is 25.6 Å². The zero-order chi connectivity index (χ0) is 14.5. The Morgan fingerprint density at radius 2 is 1.95 bits per heavy atom. The van der Waals surface area contributed by atoms with E-state index in [0.29, 0.717) is 32.2 Å². The lowest BCUT2D eigenvalue weighted by atomic mass is 9.97. The summed E-state index contributed by atoms with van der Waals surface area (Å²) in [5.41, 5.74) is 0. The minimum absolute atomic E-state index is 0.0669. The van der Waals surface area contributed by atoms with Crippen molar-refractivity contribution in [1.29, 1.82) is 0 Å². The van der Waals surface area contributed by atoms with Gasteiger partial charge in [-0.25, -0.2) is 0 Å². The Hall–Kier alpha value is -0.690. The van der Waals surface area contributed by atoms with Crippen LogP contribution in [-0.4, -0.2) is 69.2 Å². The molecule has 0 aromatic carbocycles. The van der Waals surface area contributed by atoms with E-state index in [9.17, 15) is 4.79 Å². The number of carbonyl (C=O) groups is 1. The highest BCUT2D eigenvalue weighted by Gasteiger charge is 2.31. The molecule has 0 spiro atoms. The van der Waals surface area contributed by atoms with E-state index >= 15 is 0 Å². The van der Waals surface area contributed by atoms with Crippen molar-refractivity contribution < 1.29 is 19.0 Å². The topological polar surface area (TPSA) is 60.0 Å². The van der Waals surface area contributed by atoms with Crippen LogP contribution in [0.1, 0.15) is 25.7 Å². The molecule has 0 aliphatic carbocycles. The molecule has 6 nitrogen and oxygen atoms in total. The first kappa shape index (κ1) is 15.2. The highest BCUT2D eigenvalue weighted by atomic mass is 16.7. The fourth-order valence-corrected chi connectivity index (χ4v) is 3.40. The van der Waals surface area contributed by atoms with Gasteiger partial charge in [0.2, 0.25) is 5.91 Å². The molecule has 0 radical (unpaired) electrons. The summed E-state index contributed by atoms with van der Waals surface area (Å²) in [5, 5.41) is 2.99. The molecule has 3 aliphatic heterocycles. The molecule has 3 rings (SSSR count). The highest BCUT2D eigenvalue weighted by Crippen LogP contribution is 2.24. The summed E-state index contributed by atoms with van der Waals surface area (Å²) in [6.07, 6.45) is 4.54. The maximum Gasteiger partial charge on any atom is 0.234 e. The Morgan fingerprint density at radius 1 is 1.10 bits per heavy atom.